The first-order chi connectivity index (χ1) is 22.9. The molecular formula is C47H60Cl2SiZr. The van der Waals surface area contributed by atoms with E-state index in [9.17, 15) is 0 Å². The molecule has 1 saturated carbocycles. The van der Waals surface area contributed by atoms with Gasteiger partial charge in [0.25, 0.3) is 0 Å². The number of allylic oxidation sites excluding steroid dienone is 2. The SMILES string of the molecule is CC1=Cc2c(-c3ccc(C(C)(C)C)cc3)ccc(C)c2[CH]1[Zr]([CH3])([CH3])(=[SiH2])[CH]1C(C2CCCC2)=Cc2c(-c3ccc(C(C)(C)C)cc3)cccc21.Cl.Cl. The van der Waals surface area contributed by atoms with Gasteiger partial charge < -0.3 is 0 Å². The molecule has 270 valence electrons. The Labute approximate surface area is 324 Å². The molecule has 0 amide bonds. The van der Waals surface area contributed by atoms with Crippen molar-refractivity contribution in [2.24, 2.45) is 5.92 Å². The van der Waals surface area contributed by atoms with E-state index < -0.39 is 17.4 Å². The molecular weight excluding hydrogens is 755 g/mol. The van der Waals surface area contributed by atoms with E-state index in [0.29, 0.717) is 13.2 Å². The number of rotatable bonds is 5. The molecule has 4 aromatic carbocycles. The van der Waals surface area contributed by atoms with Crippen molar-refractivity contribution >= 4 is 43.8 Å². The molecule has 1 fully saturated rings. The van der Waals surface area contributed by atoms with E-state index in [0.717, 1.165) is 0 Å². The molecule has 0 aromatic heterocycles. The molecule has 0 spiro atoms. The Kier molecular flexibility index (Phi) is 11.1. The first-order valence-electron chi connectivity index (χ1n) is 18.9. The van der Waals surface area contributed by atoms with Gasteiger partial charge in [-0.15, -0.1) is 24.8 Å². The average molecular weight is 815 g/mol. The molecule has 2 unspecified atom stereocenters. The van der Waals surface area contributed by atoms with E-state index in [-0.39, 0.29) is 35.6 Å². The molecule has 3 aliphatic rings. The van der Waals surface area contributed by atoms with Crippen LogP contribution in [-0.2, 0) is 28.2 Å². The van der Waals surface area contributed by atoms with E-state index in [1.165, 1.54) is 75.8 Å². The monoisotopic (exact) mass is 812 g/mol. The minimum absolute atomic E-state index is 0. The number of halogens is 2. The third kappa shape index (κ3) is 7.07. The van der Waals surface area contributed by atoms with Crippen LogP contribution >= 0.6 is 24.8 Å². The summed E-state index contributed by atoms with van der Waals surface area (Å²) in [5, 5.41) is 0. The minimum Gasteiger partial charge on any atom is -0.147 e. The van der Waals surface area contributed by atoms with Gasteiger partial charge in [-0.2, -0.15) is 0 Å². The predicted molar refractivity (Wildman–Crippen MR) is 230 cm³/mol. The Bertz CT molecular complexity index is 2070. The number of benzene rings is 4. The van der Waals surface area contributed by atoms with Crippen LogP contribution < -0.4 is 0 Å². The molecule has 0 heterocycles. The first-order valence-corrected chi connectivity index (χ1v) is 32.6. The molecule has 2 atom stereocenters. The van der Waals surface area contributed by atoms with Crippen LogP contribution in [0, 0.1) is 12.8 Å². The summed E-state index contributed by atoms with van der Waals surface area (Å²) in [4.78, 5) is 0. The van der Waals surface area contributed by atoms with Gasteiger partial charge in [-0.25, -0.2) is 0 Å². The zero-order chi connectivity index (χ0) is 35.1. The molecule has 0 saturated heterocycles. The zero-order valence-electron chi connectivity index (χ0n) is 32.7. The topological polar surface area (TPSA) is 0 Å². The number of aryl methyl sites for hydroxylation is 1. The third-order valence-electron chi connectivity index (χ3n) is 12.6. The predicted octanol–water partition coefficient (Wildman–Crippen LogP) is 13.9. The van der Waals surface area contributed by atoms with Crippen LogP contribution in [0.1, 0.15) is 120 Å². The Balaban J connectivity index is 0.00000252. The van der Waals surface area contributed by atoms with Gasteiger partial charge in [-0.05, 0) is 0 Å². The summed E-state index contributed by atoms with van der Waals surface area (Å²) >= 11 is -3.74. The maximum Gasteiger partial charge on any atom is -0.147 e. The van der Waals surface area contributed by atoms with Crippen molar-refractivity contribution in [3.8, 4) is 22.3 Å². The molecule has 3 aliphatic carbocycles. The summed E-state index contributed by atoms with van der Waals surface area (Å²) in [5.41, 5.74) is 19.7. The maximum atomic E-state index is 2.83. The van der Waals surface area contributed by atoms with Gasteiger partial charge in [0.15, 0.2) is 0 Å². The van der Waals surface area contributed by atoms with Crippen LogP contribution in [0.5, 0.6) is 0 Å². The van der Waals surface area contributed by atoms with Crippen LogP contribution in [-0.4, -0.2) is 6.88 Å². The Morgan fingerprint density at radius 1 is 0.608 bits per heavy atom. The second-order valence-electron chi connectivity index (χ2n) is 19.0. The first kappa shape index (κ1) is 40.2. The van der Waals surface area contributed by atoms with Crippen LogP contribution in [0.3, 0.4) is 0 Å². The van der Waals surface area contributed by atoms with Crippen molar-refractivity contribution in [3.05, 3.63) is 129 Å². The van der Waals surface area contributed by atoms with Crippen molar-refractivity contribution in [2.75, 3.05) is 0 Å². The third-order valence-corrected chi connectivity index (χ3v) is 30.1. The molecule has 0 N–H and O–H groups in total. The second kappa shape index (κ2) is 14.0. The van der Waals surface area contributed by atoms with Crippen molar-refractivity contribution < 1.29 is 17.4 Å². The summed E-state index contributed by atoms with van der Waals surface area (Å²) in [6.07, 6.45) is 10.8. The molecule has 0 nitrogen and oxygen atoms in total. The summed E-state index contributed by atoms with van der Waals surface area (Å²) in [5.74, 6) is 0.713. The number of fused-ring (bicyclic) bond motifs is 2. The van der Waals surface area contributed by atoms with Gasteiger partial charge in [0.2, 0.25) is 0 Å². The molecule has 51 heavy (non-hydrogen) atoms. The average Bonchev–Trinajstić information content (AvgIpc) is 3.78. The minimum atomic E-state index is -3.74. The van der Waals surface area contributed by atoms with E-state index in [4.69, 9.17) is 0 Å². The fraction of sp³-hybridized carbons (Fsp3) is 0.404. The summed E-state index contributed by atoms with van der Waals surface area (Å²) in [6.45, 7) is 21.2. The number of hydrogen-bond donors (Lipinski definition) is 0. The van der Waals surface area contributed by atoms with Gasteiger partial charge >= 0.3 is 302 Å². The Morgan fingerprint density at radius 3 is 1.63 bits per heavy atom. The van der Waals surface area contributed by atoms with Gasteiger partial charge in [-0.1, -0.05) is 0 Å². The van der Waals surface area contributed by atoms with Gasteiger partial charge in [0.1, 0.15) is 0 Å². The zero-order valence-corrected chi connectivity index (χ0v) is 38.2. The van der Waals surface area contributed by atoms with Gasteiger partial charge in [0.05, 0.1) is 0 Å². The quantitative estimate of drug-likeness (QED) is 0.176. The Morgan fingerprint density at radius 2 is 1.12 bits per heavy atom. The van der Waals surface area contributed by atoms with E-state index in [1.807, 2.05) is 0 Å². The molecule has 4 aromatic rings. The molecule has 0 radical (unpaired) electrons. The van der Waals surface area contributed by atoms with Crippen LogP contribution in [0.15, 0.2) is 90.0 Å². The molecule has 0 aliphatic heterocycles. The second-order valence-corrected chi connectivity index (χ2v) is 49.5. The maximum absolute atomic E-state index is 3.74. The van der Waals surface area contributed by atoms with Gasteiger partial charge in [-0.3, -0.25) is 0 Å². The standard InChI is InChI=1S/C24H27.C21H23.2CH3.2ClH.H2Si.Zr/c1-24(2,3)21-13-11-18(12-14-21)22-10-6-9-19-15-20(16-23(19)22)17-7-4-5-8-17;1-14-12-19-15(2)6-11-18(20(19)13-14)16-7-9-17(10-8-16)21(3,4)5;;;;;;/h6,9-17H,4-5,7-8H2,1-3H3;6-13H,1-5H3;2*1H3;2*1H;1H2;. The number of hydrogen-bond acceptors (Lipinski definition) is 0. The Hall–Kier alpha value is -1.96. The van der Waals surface area contributed by atoms with E-state index >= 15 is 0 Å². The van der Waals surface area contributed by atoms with Crippen molar-refractivity contribution in [3.63, 3.8) is 0 Å². The van der Waals surface area contributed by atoms with E-state index in [1.54, 1.807) is 22.3 Å². The van der Waals surface area contributed by atoms with Crippen molar-refractivity contribution in [1.82, 2.24) is 0 Å². The molecule has 7 rings (SSSR count). The summed E-state index contributed by atoms with van der Waals surface area (Å²) in [6, 6.07) is 31.0. The molecule has 0 bridgehead atoms. The normalized spacial score (nSPS) is 19.1. The fourth-order valence-electron chi connectivity index (χ4n) is 10.1. The summed E-state index contributed by atoms with van der Waals surface area (Å²) < 4.78 is 6.74. The largest absolute Gasteiger partial charge is 0.147 e. The fourth-order valence-corrected chi connectivity index (χ4v) is 30.5. The summed E-state index contributed by atoms with van der Waals surface area (Å²) in [7, 11) is 0. The smallest absolute Gasteiger partial charge is 0.147 e. The van der Waals surface area contributed by atoms with Crippen LogP contribution in [0.4, 0.5) is 0 Å². The molecule has 4 heteroatoms. The van der Waals surface area contributed by atoms with Crippen molar-refractivity contribution in [2.45, 2.75) is 108 Å². The van der Waals surface area contributed by atoms with Gasteiger partial charge in [0, 0.05) is 0 Å². The van der Waals surface area contributed by atoms with E-state index in [2.05, 4.69) is 163 Å². The van der Waals surface area contributed by atoms with Crippen LogP contribution in [0.2, 0.25) is 9.26 Å². The van der Waals surface area contributed by atoms with Crippen LogP contribution in [0.25, 0.3) is 34.4 Å². The van der Waals surface area contributed by atoms with Crippen molar-refractivity contribution in [1.29, 1.82) is 0 Å².